The molecule has 2 N–H and O–H groups in total. The highest BCUT2D eigenvalue weighted by Gasteiger charge is 2.30. The third-order valence-electron chi connectivity index (χ3n) is 3.20. The monoisotopic (exact) mass is 311 g/mol. The van der Waals surface area contributed by atoms with Crippen molar-refractivity contribution < 1.29 is 8.81 Å². The molecular weight excluding hydrogens is 297 g/mol. The molecule has 0 bridgehead atoms. The second-order valence-corrected chi connectivity index (χ2v) is 5.48. The molecule has 0 amide bonds. The van der Waals surface area contributed by atoms with Gasteiger partial charge in [-0.05, 0) is 39.7 Å². The summed E-state index contributed by atoms with van der Waals surface area (Å²) in [5.41, 5.74) is 5.98. The zero-order valence-corrected chi connectivity index (χ0v) is 11.7. The summed E-state index contributed by atoms with van der Waals surface area (Å²) in [6, 6.07) is 8.98. The van der Waals surface area contributed by atoms with Crippen molar-refractivity contribution in [3.63, 3.8) is 0 Å². The highest BCUT2D eigenvalue weighted by Crippen LogP contribution is 2.32. The third kappa shape index (κ3) is 2.49. The Morgan fingerprint density at radius 2 is 2.11 bits per heavy atom. The molecule has 0 saturated carbocycles. The number of benzene rings is 1. The molecule has 4 heteroatoms. The van der Waals surface area contributed by atoms with E-state index in [-0.39, 0.29) is 5.82 Å². The summed E-state index contributed by atoms with van der Waals surface area (Å²) in [7, 11) is 0. The summed E-state index contributed by atoms with van der Waals surface area (Å²) in [6.45, 7) is 2.29. The average Bonchev–Trinajstić information content (AvgIpc) is 2.85. The Kier molecular flexibility index (Phi) is 3.88. The first-order valence-electron chi connectivity index (χ1n) is 5.74. The number of hydrogen-bond acceptors (Lipinski definition) is 2. The normalized spacial score (nSPS) is 14.4. The van der Waals surface area contributed by atoms with E-state index >= 15 is 0 Å². The van der Waals surface area contributed by atoms with Gasteiger partial charge in [0.2, 0.25) is 0 Å². The minimum absolute atomic E-state index is 0.253. The van der Waals surface area contributed by atoms with Gasteiger partial charge in [0.1, 0.15) is 11.6 Å². The highest BCUT2D eigenvalue weighted by molar-refractivity contribution is 9.10. The van der Waals surface area contributed by atoms with Gasteiger partial charge in [-0.25, -0.2) is 4.39 Å². The molecule has 18 heavy (non-hydrogen) atoms. The molecule has 1 aromatic heterocycles. The van der Waals surface area contributed by atoms with Crippen molar-refractivity contribution in [2.75, 3.05) is 6.54 Å². The van der Waals surface area contributed by atoms with Crippen molar-refractivity contribution in [2.45, 2.75) is 18.8 Å². The van der Waals surface area contributed by atoms with Gasteiger partial charge in [-0.15, -0.1) is 0 Å². The quantitative estimate of drug-likeness (QED) is 0.936. The number of nitrogens with two attached hydrogens (primary N) is 1. The van der Waals surface area contributed by atoms with Crippen molar-refractivity contribution in [3.8, 4) is 0 Å². The first kappa shape index (κ1) is 13.3. The van der Waals surface area contributed by atoms with Crippen LogP contribution in [-0.4, -0.2) is 6.54 Å². The molecule has 2 rings (SSSR count). The molecular formula is C14H15BrFNO. The lowest BCUT2D eigenvalue weighted by molar-refractivity contribution is 0.397. The minimum Gasteiger partial charge on any atom is -0.469 e. The van der Waals surface area contributed by atoms with Crippen LogP contribution in [0.25, 0.3) is 0 Å². The van der Waals surface area contributed by atoms with Gasteiger partial charge in [0.25, 0.3) is 0 Å². The molecule has 0 aliphatic heterocycles. The summed E-state index contributed by atoms with van der Waals surface area (Å²) in [5, 5.41) is 0. The Balaban J connectivity index is 2.40. The molecule has 0 radical (unpaired) electrons. The molecule has 1 heterocycles. The fraction of sp³-hybridized carbons (Fsp3) is 0.286. The van der Waals surface area contributed by atoms with Crippen LogP contribution in [0.3, 0.4) is 0 Å². The number of furan rings is 1. The molecule has 96 valence electrons. The van der Waals surface area contributed by atoms with Gasteiger partial charge in [-0.3, -0.25) is 0 Å². The molecule has 1 aromatic carbocycles. The van der Waals surface area contributed by atoms with Crippen molar-refractivity contribution in [2.24, 2.45) is 5.73 Å². The van der Waals surface area contributed by atoms with Gasteiger partial charge in [-0.2, -0.15) is 0 Å². The van der Waals surface area contributed by atoms with Crippen LogP contribution in [0.2, 0.25) is 0 Å². The molecule has 0 saturated heterocycles. The molecule has 1 unspecified atom stereocenters. The van der Waals surface area contributed by atoms with Gasteiger partial charge < -0.3 is 10.2 Å². The Morgan fingerprint density at radius 1 is 1.33 bits per heavy atom. The lowest BCUT2D eigenvalue weighted by atomic mass is 9.78. The van der Waals surface area contributed by atoms with E-state index in [2.05, 4.69) is 15.9 Å². The molecule has 2 nitrogen and oxygen atoms in total. The molecule has 0 aliphatic carbocycles. The van der Waals surface area contributed by atoms with Gasteiger partial charge in [0.05, 0.1) is 10.7 Å². The van der Waals surface area contributed by atoms with Crippen LogP contribution in [0.4, 0.5) is 4.39 Å². The SMILES string of the molecule is CC(CN)(Cc1ccco1)c1cccc(Br)c1F. The molecule has 0 aliphatic rings. The van der Waals surface area contributed by atoms with Crippen LogP contribution in [0.1, 0.15) is 18.2 Å². The van der Waals surface area contributed by atoms with Crippen LogP contribution >= 0.6 is 15.9 Å². The number of hydrogen-bond donors (Lipinski definition) is 1. The predicted octanol–water partition coefficient (Wildman–Crippen LogP) is 3.64. The maximum atomic E-state index is 14.2. The van der Waals surface area contributed by atoms with Crippen LogP contribution in [0.5, 0.6) is 0 Å². The lowest BCUT2D eigenvalue weighted by Gasteiger charge is -2.28. The van der Waals surface area contributed by atoms with Crippen molar-refractivity contribution in [1.29, 1.82) is 0 Å². The van der Waals surface area contributed by atoms with Crippen LogP contribution in [-0.2, 0) is 11.8 Å². The van der Waals surface area contributed by atoms with E-state index in [4.69, 9.17) is 10.2 Å². The van der Waals surface area contributed by atoms with Gasteiger partial charge >= 0.3 is 0 Å². The van der Waals surface area contributed by atoms with E-state index in [0.29, 0.717) is 23.0 Å². The molecule has 0 fully saturated rings. The van der Waals surface area contributed by atoms with Crippen LogP contribution in [0, 0.1) is 5.82 Å². The molecule has 1 atom stereocenters. The first-order valence-corrected chi connectivity index (χ1v) is 6.53. The van der Waals surface area contributed by atoms with E-state index < -0.39 is 5.41 Å². The highest BCUT2D eigenvalue weighted by atomic mass is 79.9. The fourth-order valence-corrected chi connectivity index (χ4v) is 2.41. The van der Waals surface area contributed by atoms with E-state index in [9.17, 15) is 4.39 Å². The molecule has 2 aromatic rings. The summed E-state index contributed by atoms with van der Waals surface area (Å²) >= 11 is 3.21. The third-order valence-corrected chi connectivity index (χ3v) is 3.81. The fourth-order valence-electron chi connectivity index (χ4n) is 2.04. The number of rotatable bonds is 4. The average molecular weight is 312 g/mol. The smallest absolute Gasteiger partial charge is 0.141 e. The van der Waals surface area contributed by atoms with E-state index in [1.165, 1.54) is 0 Å². The van der Waals surface area contributed by atoms with Crippen molar-refractivity contribution in [3.05, 3.63) is 58.2 Å². The Labute approximate surface area is 114 Å². The Bertz CT molecular complexity index is 527. The summed E-state index contributed by atoms with van der Waals surface area (Å²) in [5.74, 6) is 0.555. The second kappa shape index (κ2) is 5.24. The summed E-state index contributed by atoms with van der Waals surface area (Å²) < 4.78 is 20.0. The minimum atomic E-state index is -0.480. The summed E-state index contributed by atoms with van der Waals surface area (Å²) in [6.07, 6.45) is 2.19. The number of halogens is 2. The zero-order chi connectivity index (χ0) is 13.2. The standard InChI is InChI=1S/C14H15BrFNO/c1-14(9-17,8-10-4-3-7-18-10)11-5-2-6-12(15)13(11)16/h2-7H,8-9,17H2,1H3. The maximum Gasteiger partial charge on any atom is 0.141 e. The maximum absolute atomic E-state index is 14.2. The van der Waals surface area contributed by atoms with Crippen LogP contribution < -0.4 is 5.73 Å². The van der Waals surface area contributed by atoms with E-state index in [0.717, 1.165) is 5.76 Å². The van der Waals surface area contributed by atoms with E-state index in [1.54, 1.807) is 18.4 Å². The van der Waals surface area contributed by atoms with Crippen molar-refractivity contribution >= 4 is 15.9 Å². The second-order valence-electron chi connectivity index (χ2n) is 4.62. The first-order chi connectivity index (χ1) is 8.57. The van der Waals surface area contributed by atoms with Crippen molar-refractivity contribution in [1.82, 2.24) is 0 Å². The predicted molar refractivity (Wildman–Crippen MR) is 72.9 cm³/mol. The van der Waals surface area contributed by atoms with Crippen LogP contribution in [0.15, 0.2) is 45.5 Å². The Hall–Kier alpha value is -1.13. The van der Waals surface area contributed by atoms with Gasteiger partial charge in [0, 0.05) is 18.4 Å². The van der Waals surface area contributed by atoms with Gasteiger partial charge in [0.15, 0.2) is 0 Å². The molecule has 0 spiro atoms. The van der Waals surface area contributed by atoms with E-state index in [1.807, 2.05) is 25.1 Å². The lowest BCUT2D eigenvalue weighted by Crippen LogP contribution is -2.35. The largest absolute Gasteiger partial charge is 0.469 e. The zero-order valence-electron chi connectivity index (χ0n) is 10.1. The Morgan fingerprint density at radius 3 is 2.72 bits per heavy atom. The van der Waals surface area contributed by atoms with Gasteiger partial charge in [-0.1, -0.05) is 19.1 Å². The summed E-state index contributed by atoms with van der Waals surface area (Å²) in [4.78, 5) is 0. The topological polar surface area (TPSA) is 39.2 Å².